The molecule has 1 aliphatic carbocycles. The number of aromatic nitrogens is 1. The van der Waals surface area contributed by atoms with Crippen molar-refractivity contribution in [3.05, 3.63) is 35.9 Å². The number of rotatable bonds is 2. The molecule has 0 radical (unpaired) electrons. The summed E-state index contributed by atoms with van der Waals surface area (Å²) < 4.78 is 0. The van der Waals surface area contributed by atoms with E-state index in [0.29, 0.717) is 11.9 Å². The van der Waals surface area contributed by atoms with Gasteiger partial charge in [0.15, 0.2) is 0 Å². The van der Waals surface area contributed by atoms with Crippen LogP contribution in [-0.2, 0) is 4.79 Å². The number of carbonyl (C=O) groups excluding carboxylic acids is 1. The molecule has 3 heterocycles. The molecule has 1 amide bonds. The average molecular weight is 349 g/mol. The number of piperidine rings is 2. The molecule has 2 aliphatic heterocycles. The van der Waals surface area contributed by atoms with Crippen molar-refractivity contribution >= 4 is 22.6 Å². The first-order valence-electron chi connectivity index (χ1n) is 10.0. The van der Waals surface area contributed by atoms with Crippen molar-refractivity contribution < 1.29 is 4.79 Å². The Bertz CT molecular complexity index is 860. The molecule has 0 bridgehead atoms. The van der Waals surface area contributed by atoms with E-state index in [-0.39, 0.29) is 5.41 Å². The maximum Gasteiger partial charge on any atom is 0.222 e. The number of hydrogen-bond donors (Lipinski definition) is 0. The summed E-state index contributed by atoms with van der Waals surface area (Å²) in [5.41, 5.74) is 2.64. The Balaban J connectivity index is 1.43. The van der Waals surface area contributed by atoms with Crippen molar-refractivity contribution in [2.45, 2.75) is 51.5 Å². The van der Waals surface area contributed by atoms with Gasteiger partial charge in [-0.15, -0.1) is 0 Å². The van der Waals surface area contributed by atoms with Gasteiger partial charge in [-0.05, 0) is 56.7 Å². The lowest BCUT2D eigenvalue weighted by molar-refractivity contribution is -0.138. The van der Waals surface area contributed by atoms with Crippen LogP contribution in [-0.4, -0.2) is 41.5 Å². The standard InChI is InChI=1S/C22H27N3O/c1-16-13-20(23-19-6-3-2-5-18(16)19)24-12-4-10-22(14-24)11-9-21(26)25(15-22)17-7-8-17/h2-3,5-6,13,17H,4,7-12,14-15H2,1H3. The van der Waals surface area contributed by atoms with E-state index in [1.807, 2.05) is 0 Å². The van der Waals surface area contributed by atoms with E-state index in [1.54, 1.807) is 0 Å². The van der Waals surface area contributed by atoms with Crippen LogP contribution in [0.5, 0.6) is 0 Å². The first kappa shape index (κ1) is 16.1. The Morgan fingerprint density at radius 2 is 2.00 bits per heavy atom. The molecule has 2 aromatic rings. The molecule has 3 fully saturated rings. The number of fused-ring (bicyclic) bond motifs is 1. The van der Waals surface area contributed by atoms with Crippen LogP contribution in [0.15, 0.2) is 30.3 Å². The van der Waals surface area contributed by atoms with E-state index < -0.39 is 0 Å². The summed E-state index contributed by atoms with van der Waals surface area (Å²) in [6.45, 7) is 5.25. The van der Waals surface area contributed by atoms with Crippen LogP contribution in [0.3, 0.4) is 0 Å². The lowest BCUT2D eigenvalue weighted by Crippen LogP contribution is -2.54. The van der Waals surface area contributed by atoms with E-state index in [0.717, 1.165) is 43.8 Å². The first-order chi connectivity index (χ1) is 12.6. The topological polar surface area (TPSA) is 36.4 Å². The van der Waals surface area contributed by atoms with E-state index >= 15 is 0 Å². The molecule has 1 spiro atoms. The number of para-hydroxylation sites is 1. The van der Waals surface area contributed by atoms with Crippen molar-refractivity contribution in [1.82, 2.24) is 9.88 Å². The zero-order valence-electron chi connectivity index (χ0n) is 15.6. The quantitative estimate of drug-likeness (QED) is 0.825. The number of aryl methyl sites for hydroxylation is 1. The van der Waals surface area contributed by atoms with Crippen molar-refractivity contribution in [1.29, 1.82) is 0 Å². The lowest BCUT2D eigenvalue weighted by atomic mass is 9.73. The molecule has 0 N–H and O–H groups in total. The SMILES string of the molecule is Cc1cc(N2CCCC3(CCC(=O)N(C4CC4)C3)C2)nc2ccccc12. The zero-order chi connectivity index (χ0) is 17.7. The Hall–Kier alpha value is -2.10. The van der Waals surface area contributed by atoms with Gasteiger partial charge in [-0.1, -0.05) is 18.2 Å². The minimum absolute atomic E-state index is 0.260. The van der Waals surface area contributed by atoms with Crippen LogP contribution >= 0.6 is 0 Å². The third-order valence-corrected chi connectivity index (χ3v) is 6.58. The molecular weight excluding hydrogens is 322 g/mol. The summed E-state index contributed by atoms with van der Waals surface area (Å²) in [4.78, 5) is 22.0. The minimum atomic E-state index is 0.260. The molecule has 2 saturated heterocycles. The number of nitrogens with zero attached hydrogens (tertiary/aromatic N) is 3. The second-order valence-corrected chi connectivity index (χ2v) is 8.59. The van der Waals surface area contributed by atoms with Gasteiger partial charge in [0.25, 0.3) is 0 Å². The summed E-state index contributed by atoms with van der Waals surface area (Å²) >= 11 is 0. The summed E-state index contributed by atoms with van der Waals surface area (Å²) in [6.07, 6.45) is 6.62. The number of pyridine rings is 1. The van der Waals surface area contributed by atoms with Crippen molar-refractivity contribution in [2.24, 2.45) is 5.41 Å². The van der Waals surface area contributed by atoms with Gasteiger partial charge in [-0.3, -0.25) is 4.79 Å². The van der Waals surface area contributed by atoms with Crippen LogP contribution in [0.2, 0.25) is 0 Å². The van der Waals surface area contributed by atoms with Gasteiger partial charge >= 0.3 is 0 Å². The molecule has 1 unspecified atom stereocenters. The predicted molar refractivity (Wildman–Crippen MR) is 104 cm³/mol. The molecule has 4 nitrogen and oxygen atoms in total. The van der Waals surface area contributed by atoms with E-state index in [4.69, 9.17) is 4.98 Å². The van der Waals surface area contributed by atoms with Gasteiger partial charge in [0, 0.05) is 42.9 Å². The fourth-order valence-electron chi connectivity index (χ4n) is 4.99. The molecule has 1 aromatic heterocycles. The number of anilines is 1. The Morgan fingerprint density at radius 3 is 2.85 bits per heavy atom. The Labute approximate surface area is 155 Å². The second-order valence-electron chi connectivity index (χ2n) is 8.59. The summed E-state index contributed by atoms with van der Waals surface area (Å²) in [5, 5.41) is 1.24. The van der Waals surface area contributed by atoms with Crippen LogP contribution in [0, 0.1) is 12.3 Å². The maximum atomic E-state index is 12.3. The highest BCUT2D eigenvalue weighted by Gasteiger charge is 2.45. The number of carbonyl (C=O) groups is 1. The van der Waals surface area contributed by atoms with Crippen molar-refractivity contribution in [3.63, 3.8) is 0 Å². The van der Waals surface area contributed by atoms with Gasteiger partial charge in [0.1, 0.15) is 5.82 Å². The van der Waals surface area contributed by atoms with Gasteiger partial charge in [0.05, 0.1) is 5.52 Å². The largest absolute Gasteiger partial charge is 0.356 e. The summed E-state index contributed by atoms with van der Waals surface area (Å²) in [7, 11) is 0. The van der Waals surface area contributed by atoms with Gasteiger partial charge in [-0.25, -0.2) is 4.98 Å². The second kappa shape index (κ2) is 5.97. The zero-order valence-corrected chi connectivity index (χ0v) is 15.6. The molecule has 3 aliphatic rings. The highest BCUT2D eigenvalue weighted by atomic mass is 16.2. The normalized spacial score (nSPS) is 26.7. The molecule has 1 saturated carbocycles. The highest BCUT2D eigenvalue weighted by molar-refractivity contribution is 5.84. The van der Waals surface area contributed by atoms with Gasteiger partial charge < -0.3 is 9.80 Å². The van der Waals surface area contributed by atoms with Crippen LogP contribution in [0.1, 0.15) is 44.1 Å². The van der Waals surface area contributed by atoms with Crippen LogP contribution in [0.4, 0.5) is 5.82 Å². The third-order valence-electron chi connectivity index (χ3n) is 6.58. The summed E-state index contributed by atoms with van der Waals surface area (Å²) in [6, 6.07) is 11.2. The smallest absolute Gasteiger partial charge is 0.222 e. The summed E-state index contributed by atoms with van der Waals surface area (Å²) in [5.74, 6) is 1.49. The van der Waals surface area contributed by atoms with E-state index in [2.05, 4.69) is 47.1 Å². The molecule has 1 atom stereocenters. The predicted octanol–water partition coefficient (Wildman–Crippen LogP) is 3.91. The monoisotopic (exact) mass is 349 g/mol. The number of benzene rings is 1. The fraction of sp³-hybridized carbons (Fsp3) is 0.545. The van der Waals surface area contributed by atoms with E-state index in [9.17, 15) is 4.79 Å². The fourth-order valence-corrected chi connectivity index (χ4v) is 4.99. The maximum absolute atomic E-state index is 12.3. The molecular formula is C22H27N3O. The number of hydrogen-bond acceptors (Lipinski definition) is 3. The van der Waals surface area contributed by atoms with Crippen LogP contribution < -0.4 is 4.90 Å². The van der Waals surface area contributed by atoms with Gasteiger partial charge in [0.2, 0.25) is 5.91 Å². The molecule has 136 valence electrons. The number of likely N-dealkylation sites (tertiary alicyclic amines) is 1. The van der Waals surface area contributed by atoms with Crippen LogP contribution in [0.25, 0.3) is 10.9 Å². The van der Waals surface area contributed by atoms with Crippen molar-refractivity contribution in [3.8, 4) is 0 Å². The highest BCUT2D eigenvalue weighted by Crippen LogP contribution is 2.43. The van der Waals surface area contributed by atoms with E-state index in [1.165, 1.54) is 36.6 Å². The molecule has 4 heteroatoms. The molecule has 26 heavy (non-hydrogen) atoms. The van der Waals surface area contributed by atoms with Gasteiger partial charge in [-0.2, -0.15) is 0 Å². The van der Waals surface area contributed by atoms with Crippen molar-refractivity contribution in [2.75, 3.05) is 24.5 Å². The molecule has 1 aromatic carbocycles. The minimum Gasteiger partial charge on any atom is -0.356 e. The lowest BCUT2D eigenvalue weighted by Gasteiger charge is -2.48. The Morgan fingerprint density at radius 1 is 1.15 bits per heavy atom. The average Bonchev–Trinajstić information content (AvgIpc) is 3.49. The third kappa shape index (κ3) is 2.76. The first-order valence-corrected chi connectivity index (χ1v) is 10.0. The number of amides is 1. The molecule has 5 rings (SSSR count). The Kier molecular flexibility index (Phi) is 3.70.